The van der Waals surface area contributed by atoms with E-state index >= 15 is 0 Å². The molecule has 0 aliphatic rings. The maximum atomic E-state index is 13.9. The largest absolute Gasteiger partial charge is 0.409 e. The average molecular weight is 274 g/mol. The summed E-state index contributed by atoms with van der Waals surface area (Å²) in [6, 6.07) is 8.33. The number of oxime groups is 1. The fraction of sp³-hybridized carbons (Fsp3) is 0.143. The van der Waals surface area contributed by atoms with Crippen molar-refractivity contribution >= 4 is 11.5 Å². The number of nitrogens with zero attached hydrogens (tertiary/aromatic N) is 3. The Morgan fingerprint density at radius 3 is 2.70 bits per heavy atom. The molecule has 0 aliphatic heterocycles. The zero-order valence-electron chi connectivity index (χ0n) is 11.0. The normalized spacial score (nSPS) is 11.4. The highest BCUT2D eigenvalue weighted by molar-refractivity contribution is 6.02. The molecule has 6 heteroatoms. The lowest BCUT2D eigenvalue weighted by Crippen LogP contribution is -2.23. The Kier molecular flexibility index (Phi) is 4.14. The van der Waals surface area contributed by atoms with Gasteiger partial charge in [0.25, 0.3) is 0 Å². The van der Waals surface area contributed by atoms with Crippen molar-refractivity contribution in [3.8, 4) is 0 Å². The molecule has 1 aromatic carbocycles. The van der Waals surface area contributed by atoms with Crippen molar-refractivity contribution in [3.05, 3.63) is 59.7 Å². The van der Waals surface area contributed by atoms with E-state index in [9.17, 15) is 4.39 Å². The maximum Gasteiger partial charge on any atom is 0.175 e. The van der Waals surface area contributed by atoms with Crippen LogP contribution in [0.3, 0.4) is 0 Å². The molecule has 0 aliphatic carbocycles. The Morgan fingerprint density at radius 1 is 1.35 bits per heavy atom. The van der Waals surface area contributed by atoms with Gasteiger partial charge in [0.1, 0.15) is 5.82 Å². The van der Waals surface area contributed by atoms with Crippen LogP contribution in [0.4, 0.5) is 10.1 Å². The molecule has 0 saturated carbocycles. The molecular formula is C14H15FN4O. The number of anilines is 1. The Labute approximate surface area is 116 Å². The number of nitrogens with two attached hydrogens (primary N) is 1. The third kappa shape index (κ3) is 2.85. The van der Waals surface area contributed by atoms with Gasteiger partial charge in [-0.15, -0.1) is 0 Å². The van der Waals surface area contributed by atoms with E-state index in [1.807, 2.05) is 24.1 Å². The minimum absolute atomic E-state index is 0.0894. The summed E-state index contributed by atoms with van der Waals surface area (Å²) in [5.74, 6) is -0.779. The topological polar surface area (TPSA) is 74.7 Å². The molecule has 1 aromatic heterocycles. The van der Waals surface area contributed by atoms with Crippen LogP contribution in [0.2, 0.25) is 0 Å². The summed E-state index contributed by atoms with van der Waals surface area (Å²) in [6.45, 7) is 0.553. The van der Waals surface area contributed by atoms with E-state index in [4.69, 9.17) is 10.9 Å². The number of rotatable bonds is 4. The lowest BCUT2D eigenvalue weighted by atomic mass is 10.1. The molecule has 0 amide bonds. The molecule has 0 saturated heterocycles. The van der Waals surface area contributed by atoms with Gasteiger partial charge in [0.15, 0.2) is 5.84 Å². The number of hydrogen-bond donors (Lipinski definition) is 2. The molecule has 1 heterocycles. The molecule has 0 fully saturated rings. The highest BCUT2D eigenvalue weighted by atomic mass is 19.1. The number of aromatic nitrogens is 1. The smallest absolute Gasteiger partial charge is 0.175 e. The van der Waals surface area contributed by atoms with E-state index in [1.54, 1.807) is 24.5 Å². The van der Waals surface area contributed by atoms with Gasteiger partial charge in [-0.05, 0) is 29.8 Å². The van der Waals surface area contributed by atoms with E-state index in [2.05, 4.69) is 10.1 Å². The van der Waals surface area contributed by atoms with Crippen molar-refractivity contribution in [2.45, 2.75) is 6.54 Å². The summed E-state index contributed by atoms with van der Waals surface area (Å²) in [5, 5.41) is 11.7. The van der Waals surface area contributed by atoms with Gasteiger partial charge in [-0.3, -0.25) is 4.98 Å². The van der Waals surface area contributed by atoms with E-state index in [0.29, 0.717) is 12.2 Å². The number of pyridine rings is 1. The van der Waals surface area contributed by atoms with Crippen molar-refractivity contribution in [1.82, 2.24) is 4.98 Å². The first-order valence-corrected chi connectivity index (χ1v) is 6.00. The summed E-state index contributed by atoms with van der Waals surface area (Å²) in [7, 11) is 1.81. The van der Waals surface area contributed by atoms with Gasteiger partial charge >= 0.3 is 0 Å². The lowest BCUT2D eigenvalue weighted by molar-refractivity contribution is 0.318. The Morgan fingerprint density at radius 2 is 2.05 bits per heavy atom. The molecule has 0 radical (unpaired) electrons. The van der Waals surface area contributed by atoms with Crippen LogP contribution in [0.25, 0.3) is 0 Å². The Hall–Kier alpha value is -2.63. The predicted molar refractivity (Wildman–Crippen MR) is 75.3 cm³/mol. The maximum absolute atomic E-state index is 13.9. The number of hydrogen-bond acceptors (Lipinski definition) is 4. The second kappa shape index (κ2) is 6.01. The zero-order valence-corrected chi connectivity index (χ0v) is 11.0. The van der Waals surface area contributed by atoms with Gasteiger partial charge in [-0.25, -0.2) is 4.39 Å². The van der Waals surface area contributed by atoms with Crippen LogP contribution in [0.5, 0.6) is 0 Å². The number of amidine groups is 1. The summed E-state index contributed by atoms with van der Waals surface area (Å²) < 4.78 is 13.9. The Balaban J connectivity index is 2.35. The molecule has 0 spiro atoms. The molecular weight excluding hydrogens is 259 g/mol. The molecule has 104 valence electrons. The number of benzene rings is 1. The van der Waals surface area contributed by atoms with Gasteiger partial charge in [0, 0.05) is 26.0 Å². The molecule has 0 unspecified atom stereocenters. The molecule has 2 rings (SSSR count). The lowest BCUT2D eigenvalue weighted by Gasteiger charge is -2.22. The van der Waals surface area contributed by atoms with E-state index in [1.165, 1.54) is 6.07 Å². The minimum atomic E-state index is -0.528. The van der Waals surface area contributed by atoms with Crippen LogP contribution in [0.15, 0.2) is 47.9 Å². The summed E-state index contributed by atoms with van der Waals surface area (Å²) in [6.07, 6.45) is 3.39. The van der Waals surface area contributed by atoms with Crippen LogP contribution in [0.1, 0.15) is 11.1 Å². The summed E-state index contributed by atoms with van der Waals surface area (Å²) in [4.78, 5) is 5.77. The fourth-order valence-corrected chi connectivity index (χ4v) is 1.98. The van der Waals surface area contributed by atoms with Crippen molar-refractivity contribution in [1.29, 1.82) is 0 Å². The zero-order chi connectivity index (χ0) is 14.5. The molecule has 20 heavy (non-hydrogen) atoms. The van der Waals surface area contributed by atoms with Gasteiger partial charge in [-0.1, -0.05) is 11.2 Å². The second-order valence-corrected chi connectivity index (χ2v) is 4.33. The summed E-state index contributed by atoms with van der Waals surface area (Å²) in [5.41, 5.74) is 7.22. The first-order chi connectivity index (χ1) is 9.63. The third-order valence-corrected chi connectivity index (χ3v) is 2.94. The van der Waals surface area contributed by atoms with E-state index < -0.39 is 5.82 Å². The highest BCUT2D eigenvalue weighted by Crippen LogP contribution is 2.23. The Bertz CT molecular complexity index is 616. The van der Waals surface area contributed by atoms with Gasteiger partial charge in [0.05, 0.1) is 11.3 Å². The van der Waals surface area contributed by atoms with Crippen LogP contribution in [-0.4, -0.2) is 23.1 Å². The van der Waals surface area contributed by atoms with Gasteiger partial charge in [0.2, 0.25) is 0 Å². The van der Waals surface area contributed by atoms with Crippen LogP contribution < -0.4 is 10.6 Å². The quantitative estimate of drug-likeness (QED) is 0.387. The number of halogens is 1. The van der Waals surface area contributed by atoms with Crippen molar-refractivity contribution in [2.24, 2.45) is 10.9 Å². The van der Waals surface area contributed by atoms with Crippen molar-refractivity contribution in [2.75, 3.05) is 11.9 Å². The molecule has 5 nitrogen and oxygen atoms in total. The minimum Gasteiger partial charge on any atom is -0.409 e. The fourth-order valence-electron chi connectivity index (χ4n) is 1.98. The molecule has 0 bridgehead atoms. The first-order valence-electron chi connectivity index (χ1n) is 6.00. The summed E-state index contributed by atoms with van der Waals surface area (Å²) >= 11 is 0. The molecule has 2 aromatic rings. The van der Waals surface area contributed by atoms with Crippen LogP contribution >= 0.6 is 0 Å². The second-order valence-electron chi connectivity index (χ2n) is 4.33. The molecule has 3 N–H and O–H groups in total. The van der Waals surface area contributed by atoms with Crippen LogP contribution in [0, 0.1) is 5.82 Å². The standard InChI is InChI=1S/C14H15FN4O/c1-19(9-10-5-7-17-8-6-10)12-4-2-3-11(15)13(12)14(16)18-20/h2-8,20H,9H2,1H3,(H2,16,18). The first kappa shape index (κ1) is 13.8. The van der Waals surface area contributed by atoms with Gasteiger partial charge in [-0.2, -0.15) is 0 Å². The monoisotopic (exact) mass is 274 g/mol. The third-order valence-electron chi connectivity index (χ3n) is 2.94. The van der Waals surface area contributed by atoms with Crippen molar-refractivity contribution in [3.63, 3.8) is 0 Å². The van der Waals surface area contributed by atoms with Crippen LogP contribution in [-0.2, 0) is 6.54 Å². The van der Waals surface area contributed by atoms with Crippen molar-refractivity contribution < 1.29 is 9.60 Å². The van der Waals surface area contributed by atoms with Gasteiger partial charge < -0.3 is 15.8 Å². The van der Waals surface area contributed by atoms with E-state index in [-0.39, 0.29) is 11.4 Å². The molecule has 0 atom stereocenters. The average Bonchev–Trinajstić information content (AvgIpc) is 2.47. The predicted octanol–water partition coefficient (Wildman–Crippen LogP) is 1.95. The SMILES string of the molecule is CN(Cc1ccncc1)c1cccc(F)c1C(N)=NO. The van der Waals surface area contributed by atoms with E-state index in [0.717, 1.165) is 5.56 Å². The highest BCUT2D eigenvalue weighted by Gasteiger charge is 2.16.